The summed E-state index contributed by atoms with van der Waals surface area (Å²) in [5, 5.41) is 9.03. The first-order chi connectivity index (χ1) is 9.79. The summed E-state index contributed by atoms with van der Waals surface area (Å²) < 4.78 is 6.32. The van der Waals surface area contributed by atoms with Gasteiger partial charge in [-0.3, -0.25) is 9.59 Å². The third kappa shape index (κ3) is 1.54. The monoisotopic (exact) mass is 290 g/mol. The zero-order chi connectivity index (χ0) is 15.0. The predicted molar refractivity (Wildman–Crippen MR) is 75.7 cm³/mol. The molecule has 2 saturated carbocycles. The summed E-state index contributed by atoms with van der Waals surface area (Å²) in [5.41, 5.74) is -0.560. The van der Waals surface area contributed by atoms with Crippen LogP contribution in [0, 0.1) is 22.7 Å². The summed E-state index contributed by atoms with van der Waals surface area (Å²) in [7, 11) is 0. The van der Waals surface area contributed by atoms with Gasteiger partial charge in [-0.1, -0.05) is 13.0 Å². The van der Waals surface area contributed by atoms with Crippen LogP contribution in [0.4, 0.5) is 0 Å². The van der Waals surface area contributed by atoms with Crippen LogP contribution in [0.2, 0.25) is 0 Å². The van der Waals surface area contributed by atoms with Crippen LogP contribution in [-0.4, -0.2) is 28.6 Å². The quantitative estimate of drug-likeness (QED) is 0.867. The molecule has 5 rings (SSSR count). The number of carboxylic acid groups (broad SMARTS) is 1. The van der Waals surface area contributed by atoms with Crippen molar-refractivity contribution in [2.24, 2.45) is 22.7 Å². The van der Waals surface area contributed by atoms with Crippen molar-refractivity contribution in [3.05, 3.63) is 12.2 Å². The SMILES string of the molecule is CC12C[C@@]34C=CC(=O)C(C)(CCC(=O)O)C3C(CC1C4)O2. The molecule has 1 N–H and O–H groups in total. The van der Waals surface area contributed by atoms with E-state index in [0.717, 1.165) is 19.3 Å². The number of allylic oxidation sites excluding steroid dienone is 2. The number of carbonyl (C=O) groups is 2. The number of aliphatic carboxylic acids is 1. The zero-order valence-electron chi connectivity index (χ0n) is 12.6. The van der Waals surface area contributed by atoms with Gasteiger partial charge >= 0.3 is 5.97 Å². The summed E-state index contributed by atoms with van der Waals surface area (Å²) in [5.74, 6) is 0.00281. The summed E-state index contributed by atoms with van der Waals surface area (Å²) in [4.78, 5) is 23.6. The fourth-order valence-corrected chi connectivity index (χ4v) is 6.01. The van der Waals surface area contributed by atoms with E-state index in [4.69, 9.17) is 9.84 Å². The number of carbonyl (C=O) groups excluding carboxylic acids is 1. The van der Waals surface area contributed by atoms with Crippen molar-refractivity contribution in [2.45, 2.75) is 57.7 Å². The molecule has 4 nitrogen and oxygen atoms in total. The van der Waals surface area contributed by atoms with E-state index >= 15 is 0 Å². The van der Waals surface area contributed by atoms with Crippen LogP contribution in [-0.2, 0) is 14.3 Å². The van der Waals surface area contributed by atoms with E-state index in [9.17, 15) is 9.59 Å². The first-order valence-electron chi connectivity index (χ1n) is 7.92. The van der Waals surface area contributed by atoms with E-state index in [1.165, 1.54) is 0 Å². The van der Waals surface area contributed by atoms with E-state index in [2.05, 4.69) is 13.0 Å². The standard InChI is InChI=1S/C17H22O4/c1-15(5-4-13(19)20)12(18)3-6-17-8-10-7-11(14(15)17)21-16(10,2)9-17/h3,6,10-11,14H,4-5,7-9H2,1-2H3,(H,19,20)/t10?,11?,14?,15?,16?,17-/m0/s1. The largest absolute Gasteiger partial charge is 0.481 e. The van der Waals surface area contributed by atoms with Gasteiger partial charge in [-0.25, -0.2) is 0 Å². The molecule has 0 aromatic rings. The van der Waals surface area contributed by atoms with E-state index in [-0.39, 0.29) is 35.2 Å². The lowest BCUT2D eigenvalue weighted by Crippen LogP contribution is -2.56. The van der Waals surface area contributed by atoms with Crippen molar-refractivity contribution in [2.75, 3.05) is 0 Å². The molecule has 2 saturated heterocycles. The normalized spacial score (nSPS) is 53.2. The number of hydrogen-bond donors (Lipinski definition) is 1. The van der Waals surface area contributed by atoms with Gasteiger partial charge in [0.25, 0.3) is 0 Å². The minimum absolute atomic E-state index is 0.0282. The summed E-state index contributed by atoms with van der Waals surface area (Å²) in [6.07, 6.45) is 7.57. The Bertz CT molecular complexity index is 567. The Morgan fingerprint density at radius 3 is 2.90 bits per heavy atom. The van der Waals surface area contributed by atoms with E-state index in [0.29, 0.717) is 12.3 Å². The van der Waals surface area contributed by atoms with Gasteiger partial charge < -0.3 is 9.84 Å². The first kappa shape index (κ1) is 13.5. The highest BCUT2D eigenvalue weighted by Gasteiger charge is 2.71. The number of carboxylic acids is 1. The second kappa shape index (κ2) is 3.78. The fourth-order valence-electron chi connectivity index (χ4n) is 6.01. The molecule has 5 aliphatic rings. The molecular weight excluding hydrogens is 268 g/mol. The highest BCUT2D eigenvalue weighted by molar-refractivity contribution is 5.96. The van der Waals surface area contributed by atoms with Crippen molar-refractivity contribution in [3.63, 3.8) is 0 Å². The number of ketones is 1. The minimum atomic E-state index is -0.827. The van der Waals surface area contributed by atoms with Crippen LogP contribution in [0.3, 0.4) is 0 Å². The first-order valence-corrected chi connectivity index (χ1v) is 7.92. The number of rotatable bonds is 3. The van der Waals surface area contributed by atoms with Crippen LogP contribution in [0.1, 0.15) is 46.0 Å². The highest BCUT2D eigenvalue weighted by atomic mass is 16.5. The molecule has 2 heterocycles. The highest BCUT2D eigenvalue weighted by Crippen LogP contribution is 2.71. The van der Waals surface area contributed by atoms with Crippen LogP contribution >= 0.6 is 0 Å². The lowest BCUT2D eigenvalue weighted by Gasteiger charge is -2.55. The molecule has 0 radical (unpaired) electrons. The molecule has 0 aromatic heterocycles. The third-order valence-corrected chi connectivity index (χ3v) is 6.77. The van der Waals surface area contributed by atoms with Crippen molar-refractivity contribution in [1.29, 1.82) is 0 Å². The maximum absolute atomic E-state index is 12.6. The Morgan fingerprint density at radius 1 is 1.48 bits per heavy atom. The van der Waals surface area contributed by atoms with Crippen LogP contribution in [0.25, 0.3) is 0 Å². The third-order valence-electron chi connectivity index (χ3n) is 6.77. The van der Waals surface area contributed by atoms with Gasteiger partial charge in [0, 0.05) is 17.8 Å². The molecule has 1 spiro atoms. The Kier molecular flexibility index (Phi) is 2.43. The molecule has 4 heteroatoms. The molecule has 21 heavy (non-hydrogen) atoms. The maximum Gasteiger partial charge on any atom is 0.303 e. The van der Waals surface area contributed by atoms with Crippen molar-refractivity contribution in [1.82, 2.24) is 0 Å². The predicted octanol–water partition coefficient (Wildman–Crippen LogP) is 2.57. The lowest BCUT2D eigenvalue weighted by atomic mass is 9.51. The molecule has 6 atom stereocenters. The van der Waals surface area contributed by atoms with Gasteiger partial charge in [0.2, 0.25) is 0 Å². The van der Waals surface area contributed by atoms with E-state index < -0.39 is 11.4 Å². The van der Waals surface area contributed by atoms with Crippen molar-refractivity contribution >= 4 is 11.8 Å². The molecule has 4 fully saturated rings. The Hall–Kier alpha value is -1.16. The van der Waals surface area contributed by atoms with Gasteiger partial charge in [0.15, 0.2) is 5.78 Å². The van der Waals surface area contributed by atoms with E-state index in [1.807, 2.05) is 6.92 Å². The van der Waals surface area contributed by atoms with Crippen molar-refractivity contribution in [3.8, 4) is 0 Å². The second-order valence-corrected chi connectivity index (χ2v) is 8.00. The molecular formula is C17H22O4. The van der Waals surface area contributed by atoms with Crippen LogP contribution < -0.4 is 0 Å². The Balaban J connectivity index is 1.75. The summed E-state index contributed by atoms with van der Waals surface area (Å²) >= 11 is 0. The topological polar surface area (TPSA) is 63.6 Å². The molecule has 5 unspecified atom stereocenters. The van der Waals surface area contributed by atoms with Gasteiger partial charge in [-0.15, -0.1) is 0 Å². The second-order valence-electron chi connectivity index (χ2n) is 8.00. The van der Waals surface area contributed by atoms with Crippen molar-refractivity contribution < 1.29 is 19.4 Å². The smallest absolute Gasteiger partial charge is 0.303 e. The van der Waals surface area contributed by atoms with E-state index in [1.54, 1.807) is 6.08 Å². The molecule has 0 aromatic carbocycles. The molecule has 0 amide bonds. The number of ether oxygens (including phenoxy) is 1. The molecule has 2 aliphatic heterocycles. The lowest BCUT2D eigenvalue weighted by molar-refractivity contribution is -0.170. The van der Waals surface area contributed by atoms with Gasteiger partial charge in [0.05, 0.1) is 11.7 Å². The molecule has 4 bridgehead atoms. The fraction of sp³-hybridized carbons (Fsp3) is 0.765. The summed E-state index contributed by atoms with van der Waals surface area (Å²) in [6.45, 7) is 4.17. The van der Waals surface area contributed by atoms with Crippen LogP contribution in [0.5, 0.6) is 0 Å². The zero-order valence-corrected chi connectivity index (χ0v) is 12.6. The molecule has 3 aliphatic carbocycles. The summed E-state index contributed by atoms with van der Waals surface area (Å²) in [6, 6.07) is 0. The van der Waals surface area contributed by atoms with Gasteiger partial charge in [0.1, 0.15) is 0 Å². The minimum Gasteiger partial charge on any atom is -0.481 e. The Labute approximate surface area is 124 Å². The Morgan fingerprint density at radius 2 is 2.24 bits per heavy atom. The van der Waals surface area contributed by atoms with Gasteiger partial charge in [-0.05, 0) is 50.0 Å². The van der Waals surface area contributed by atoms with Gasteiger partial charge in [-0.2, -0.15) is 0 Å². The number of hydrogen-bond acceptors (Lipinski definition) is 3. The average molecular weight is 290 g/mol. The van der Waals surface area contributed by atoms with Crippen LogP contribution in [0.15, 0.2) is 12.2 Å². The average Bonchev–Trinajstić information content (AvgIpc) is 2.75. The maximum atomic E-state index is 12.6. The molecule has 114 valence electrons.